The van der Waals surface area contributed by atoms with Gasteiger partial charge in [0.1, 0.15) is 0 Å². The van der Waals surface area contributed by atoms with E-state index in [1.54, 1.807) is 0 Å². The van der Waals surface area contributed by atoms with Crippen LogP contribution < -0.4 is 10.9 Å². The minimum absolute atomic E-state index is 0.374. The first kappa shape index (κ1) is 28.7. The van der Waals surface area contributed by atoms with Crippen molar-refractivity contribution in [3.05, 3.63) is 36.4 Å². The molecule has 0 radical (unpaired) electrons. The van der Waals surface area contributed by atoms with E-state index in [2.05, 4.69) is 110 Å². The average molecular weight is 531 g/mol. The van der Waals surface area contributed by atoms with E-state index in [0.717, 1.165) is 23.4 Å². The average Bonchev–Trinajstić information content (AvgIpc) is 3.35. The lowest BCUT2D eigenvalue weighted by atomic mass is 9.77. The summed E-state index contributed by atoms with van der Waals surface area (Å²) in [6, 6.07) is 13.4. The summed E-state index contributed by atoms with van der Waals surface area (Å²) in [6.07, 6.45) is 5.00. The second kappa shape index (κ2) is 9.94. The van der Waals surface area contributed by atoms with E-state index < -0.39 is 0 Å². The minimum atomic E-state index is -0.389. The molecular formula is C32H47B2NO4. The Morgan fingerprint density at radius 1 is 0.615 bits per heavy atom. The maximum Gasteiger partial charge on any atom is 0.494 e. The van der Waals surface area contributed by atoms with Crippen LogP contribution in [0.4, 0.5) is 0 Å². The Hall–Kier alpha value is -1.79. The highest BCUT2D eigenvalue weighted by molar-refractivity contribution is 6.63. The summed E-state index contributed by atoms with van der Waals surface area (Å²) in [4.78, 5) is 0. The normalized spacial score (nSPS) is 21.6. The second-order valence-corrected chi connectivity index (χ2v) is 14.1. The molecule has 5 nitrogen and oxygen atoms in total. The molecule has 0 saturated carbocycles. The monoisotopic (exact) mass is 531 g/mol. The smallest absolute Gasteiger partial charge is 0.399 e. The van der Waals surface area contributed by atoms with E-state index in [4.69, 9.17) is 18.6 Å². The van der Waals surface area contributed by atoms with Crippen LogP contribution in [0.5, 0.6) is 0 Å². The number of benzene rings is 2. The third-order valence-corrected chi connectivity index (χ3v) is 9.63. The third kappa shape index (κ3) is 5.21. The fraction of sp³-hybridized carbons (Fsp3) is 0.625. The van der Waals surface area contributed by atoms with Gasteiger partial charge in [0.2, 0.25) is 0 Å². The standard InChI is InChI=1S/C32H47B2NO4/c1-22(2)14-12-11-13-19-35-27-17-15-23(33-36-29(3,4)30(5,6)37-33)20-25(27)26-21-24(16-18-28(26)35)34-38-31(7,8)32(9,10)39-34/h15-18,20-22H,11-14,19H2,1-10H3. The summed E-state index contributed by atoms with van der Waals surface area (Å²) in [5.41, 5.74) is 3.11. The van der Waals surface area contributed by atoms with E-state index in [1.165, 1.54) is 47.5 Å². The Balaban J connectivity index is 1.54. The van der Waals surface area contributed by atoms with Crippen molar-refractivity contribution in [2.75, 3.05) is 0 Å². The lowest BCUT2D eigenvalue weighted by Crippen LogP contribution is -2.41. The van der Waals surface area contributed by atoms with Crippen molar-refractivity contribution in [1.82, 2.24) is 4.57 Å². The first-order valence-electron chi connectivity index (χ1n) is 14.9. The Kier molecular flexibility index (Phi) is 7.32. The van der Waals surface area contributed by atoms with Crippen molar-refractivity contribution in [3.63, 3.8) is 0 Å². The van der Waals surface area contributed by atoms with Gasteiger partial charge in [-0.25, -0.2) is 0 Å². The largest absolute Gasteiger partial charge is 0.494 e. The summed E-state index contributed by atoms with van der Waals surface area (Å²) in [7, 11) is -0.778. The maximum absolute atomic E-state index is 6.41. The Labute approximate surface area is 236 Å². The van der Waals surface area contributed by atoms with Crippen molar-refractivity contribution in [1.29, 1.82) is 0 Å². The van der Waals surface area contributed by atoms with Crippen LogP contribution >= 0.6 is 0 Å². The molecule has 210 valence electrons. The number of rotatable bonds is 8. The number of hydrogen-bond donors (Lipinski definition) is 0. The number of hydrogen-bond acceptors (Lipinski definition) is 4. The molecule has 2 fully saturated rings. The van der Waals surface area contributed by atoms with Gasteiger partial charge >= 0.3 is 14.2 Å². The van der Waals surface area contributed by atoms with E-state index in [9.17, 15) is 0 Å². The van der Waals surface area contributed by atoms with E-state index in [-0.39, 0.29) is 36.6 Å². The number of aryl methyl sites for hydroxylation is 1. The van der Waals surface area contributed by atoms with Crippen LogP contribution in [-0.4, -0.2) is 41.2 Å². The molecule has 5 rings (SSSR count). The van der Waals surface area contributed by atoms with Gasteiger partial charge in [0.05, 0.1) is 22.4 Å². The zero-order chi connectivity index (χ0) is 28.4. The van der Waals surface area contributed by atoms with Crippen molar-refractivity contribution in [2.24, 2.45) is 5.92 Å². The molecule has 0 bridgehead atoms. The van der Waals surface area contributed by atoms with Gasteiger partial charge in [-0.15, -0.1) is 0 Å². The molecule has 0 aliphatic carbocycles. The van der Waals surface area contributed by atoms with Gasteiger partial charge in [-0.3, -0.25) is 0 Å². The van der Waals surface area contributed by atoms with Crippen LogP contribution in [0.15, 0.2) is 36.4 Å². The fourth-order valence-electron chi connectivity index (χ4n) is 5.63. The topological polar surface area (TPSA) is 41.9 Å². The lowest BCUT2D eigenvalue weighted by molar-refractivity contribution is 0.00578. The molecule has 0 amide bonds. The van der Waals surface area contributed by atoms with Crippen LogP contribution in [0.25, 0.3) is 21.8 Å². The Bertz CT molecular complexity index is 1230. The third-order valence-electron chi connectivity index (χ3n) is 9.63. The highest BCUT2D eigenvalue weighted by Gasteiger charge is 2.53. The van der Waals surface area contributed by atoms with Crippen LogP contribution in [-0.2, 0) is 25.2 Å². The van der Waals surface area contributed by atoms with E-state index in [0.29, 0.717) is 0 Å². The molecule has 39 heavy (non-hydrogen) atoms. The second-order valence-electron chi connectivity index (χ2n) is 14.1. The summed E-state index contributed by atoms with van der Waals surface area (Å²) in [6.45, 7) is 22.5. The maximum atomic E-state index is 6.41. The molecule has 0 unspecified atom stereocenters. The summed E-state index contributed by atoms with van der Waals surface area (Å²) >= 11 is 0. The van der Waals surface area contributed by atoms with Gasteiger partial charge in [0.25, 0.3) is 0 Å². The molecule has 1 aromatic heterocycles. The zero-order valence-corrected chi connectivity index (χ0v) is 25.8. The summed E-state index contributed by atoms with van der Waals surface area (Å²) in [5.74, 6) is 0.764. The molecule has 7 heteroatoms. The first-order valence-corrected chi connectivity index (χ1v) is 14.9. The molecule has 2 saturated heterocycles. The number of aromatic nitrogens is 1. The van der Waals surface area contributed by atoms with Crippen molar-refractivity contribution in [3.8, 4) is 0 Å². The lowest BCUT2D eigenvalue weighted by Gasteiger charge is -2.32. The van der Waals surface area contributed by atoms with Gasteiger partial charge in [0.15, 0.2) is 0 Å². The Morgan fingerprint density at radius 2 is 1.03 bits per heavy atom. The van der Waals surface area contributed by atoms with Gasteiger partial charge in [-0.05, 0) is 90.8 Å². The number of unbranched alkanes of at least 4 members (excludes halogenated alkanes) is 2. The van der Waals surface area contributed by atoms with Crippen molar-refractivity contribution in [2.45, 2.75) is 124 Å². The predicted octanol–water partition coefficient (Wildman–Crippen LogP) is 6.61. The van der Waals surface area contributed by atoms with Gasteiger partial charge in [-0.2, -0.15) is 0 Å². The van der Waals surface area contributed by atoms with Crippen molar-refractivity contribution < 1.29 is 18.6 Å². The van der Waals surface area contributed by atoms with Crippen LogP contribution in [0.3, 0.4) is 0 Å². The molecule has 0 N–H and O–H groups in total. The minimum Gasteiger partial charge on any atom is -0.399 e. The van der Waals surface area contributed by atoms with Gasteiger partial charge in [-0.1, -0.05) is 57.4 Å². The van der Waals surface area contributed by atoms with Gasteiger partial charge < -0.3 is 23.2 Å². The van der Waals surface area contributed by atoms with Crippen LogP contribution in [0.2, 0.25) is 0 Å². The van der Waals surface area contributed by atoms with Crippen LogP contribution in [0.1, 0.15) is 94.9 Å². The molecule has 3 heterocycles. The highest BCUT2D eigenvalue weighted by Crippen LogP contribution is 2.38. The highest BCUT2D eigenvalue weighted by atomic mass is 16.7. The molecule has 0 spiro atoms. The predicted molar refractivity (Wildman–Crippen MR) is 164 cm³/mol. The molecule has 0 atom stereocenters. The zero-order valence-electron chi connectivity index (χ0n) is 25.8. The molecule has 2 aromatic carbocycles. The summed E-state index contributed by atoms with van der Waals surface area (Å²) < 4.78 is 28.1. The SMILES string of the molecule is CC(C)CCCCCn1c2ccc(B3OC(C)(C)C(C)(C)O3)cc2c2cc(B3OC(C)(C)C(C)(C)O3)ccc21. The van der Waals surface area contributed by atoms with E-state index >= 15 is 0 Å². The number of nitrogens with zero attached hydrogens (tertiary/aromatic N) is 1. The quantitative estimate of drug-likeness (QED) is 0.243. The van der Waals surface area contributed by atoms with Crippen molar-refractivity contribution >= 4 is 47.0 Å². The van der Waals surface area contributed by atoms with Gasteiger partial charge in [0, 0.05) is 28.4 Å². The molecule has 3 aromatic rings. The first-order chi connectivity index (χ1) is 18.1. The number of fused-ring (bicyclic) bond motifs is 3. The molecule has 2 aliphatic rings. The Morgan fingerprint density at radius 3 is 1.41 bits per heavy atom. The fourth-order valence-corrected chi connectivity index (χ4v) is 5.63. The molecule has 2 aliphatic heterocycles. The van der Waals surface area contributed by atoms with Crippen LogP contribution in [0, 0.1) is 5.92 Å². The molecular weight excluding hydrogens is 484 g/mol. The van der Waals surface area contributed by atoms with E-state index in [1.807, 2.05) is 0 Å². The summed E-state index contributed by atoms with van der Waals surface area (Å²) in [5, 5.41) is 2.44.